The van der Waals surface area contributed by atoms with Crippen LogP contribution in [0.2, 0.25) is 0 Å². The lowest BCUT2D eigenvalue weighted by Crippen LogP contribution is -2.40. The molecule has 0 unspecified atom stereocenters. The van der Waals surface area contributed by atoms with Gasteiger partial charge in [0.25, 0.3) is 0 Å². The Morgan fingerprint density at radius 3 is 2.55 bits per heavy atom. The van der Waals surface area contributed by atoms with Crippen LogP contribution in [0.1, 0.15) is 36.2 Å². The van der Waals surface area contributed by atoms with E-state index in [2.05, 4.69) is 27.9 Å². The Bertz CT molecular complexity index is 517. The molecule has 2 saturated heterocycles. The van der Waals surface area contributed by atoms with Gasteiger partial charge >= 0.3 is 0 Å². The third kappa shape index (κ3) is 2.61. The van der Waals surface area contributed by atoms with E-state index in [9.17, 15) is 0 Å². The molecule has 2 aliphatic rings. The van der Waals surface area contributed by atoms with Gasteiger partial charge in [0.2, 0.25) is 0 Å². The van der Waals surface area contributed by atoms with E-state index in [0.29, 0.717) is 5.41 Å². The third-order valence-electron chi connectivity index (χ3n) is 5.13. The number of aryl methyl sites for hydroxylation is 1. The summed E-state index contributed by atoms with van der Waals surface area (Å²) in [6, 6.07) is 4.25. The predicted octanol–water partition coefficient (Wildman–Crippen LogP) is 2.11. The number of piperidine rings is 1. The molecule has 3 rings (SSSR count). The summed E-state index contributed by atoms with van der Waals surface area (Å²) in [5.74, 6) is 0. The maximum absolute atomic E-state index is 9.01. The minimum Gasteiger partial charge on any atom is -0.360 e. The van der Waals surface area contributed by atoms with Crippen LogP contribution in [0.15, 0.2) is 6.07 Å². The van der Waals surface area contributed by atoms with Gasteiger partial charge in [0.1, 0.15) is 6.07 Å². The van der Waals surface area contributed by atoms with E-state index in [4.69, 9.17) is 5.26 Å². The fraction of sp³-hybridized carbons (Fsp3) is 0.688. The fourth-order valence-corrected chi connectivity index (χ4v) is 3.82. The van der Waals surface area contributed by atoms with Crippen molar-refractivity contribution < 1.29 is 0 Å². The second-order valence-corrected chi connectivity index (χ2v) is 6.71. The standard InChI is InChI=1S/C16H24N4/c1-13-14(10-17)9-15(18-13)11-20-7-4-16(5-8-20)3-6-19(2)12-16/h9,18H,3-8,11-12H2,1-2H3. The van der Waals surface area contributed by atoms with Crippen LogP contribution in [0.25, 0.3) is 0 Å². The summed E-state index contributed by atoms with van der Waals surface area (Å²) >= 11 is 0. The van der Waals surface area contributed by atoms with E-state index in [1.807, 2.05) is 13.0 Å². The van der Waals surface area contributed by atoms with Gasteiger partial charge in [-0.1, -0.05) is 0 Å². The van der Waals surface area contributed by atoms with Crippen LogP contribution >= 0.6 is 0 Å². The molecule has 4 nitrogen and oxygen atoms in total. The molecule has 20 heavy (non-hydrogen) atoms. The van der Waals surface area contributed by atoms with Crippen LogP contribution in [0.4, 0.5) is 0 Å². The number of aromatic amines is 1. The fourth-order valence-electron chi connectivity index (χ4n) is 3.82. The Kier molecular flexibility index (Phi) is 3.57. The first-order chi connectivity index (χ1) is 9.60. The molecule has 0 amide bonds. The van der Waals surface area contributed by atoms with Crippen LogP contribution in [-0.2, 0) is 6.54 Å². The van der Waals surface area contributed by atoms with Crippen LogP contribution in [0.3, 0.4) is 0 Å². The van der Waals surface area contributed by atoms with Crippen LogP contribution in [0, 0.1) is 23.7 Å². The molecule has 1 N–H and O–H groups in total. The van der Waals surface area contributed by atoms with Crippen molar-refractivity contribution in [1.82, 2.24) is 14.8 Å². The monoisotopic (exact) mass is 272 g/mol. The molecular weight excluding hydrogens is 248 g/mol. The van der Waals surface area contributed by atoms with Crippen LogP contribution in [0.5, 0.6) is 0 Å². The average molecular weight is 272 g/mol. The maximum atomic E-state index is 9.01. The SMILES string of the molecule is Cc1[nH]c(CN2CCC3(CCN(C)C3)CC2)cc1C#N. The molecule has 0 bridgehead atoms. The summed E-state index contributed by atoms with van der Waals surface area (Å²) in [7, 11) is 2.24. The lowest BCUT2D eigenvalue weighted by atomic mass is 9.78. The lowest BCUT2D eigenvalue weighted by Gasteiger charge is -2.39. The number of nitrogens with one attached hydrogen (secondary N) is 1. The van der Waals surface area contributed by atoms with Crippen molar-refractivity contribution in [2.45, 2.75) is 32.7 Å². The highest BCUT2D eigenvalue weighted by molar-refractivity contribution is 5.35. The van der Waals surface area contributed by atoms with E-state index in [-0.39, 0.29) is 0 Å². The van der Waals surface area contributed by atoms with Crippen molar-refractivity contribution >= 4 is 0 Å². The third-order valence-corrected chi connectivity index (χ3v) is 5.13. The van der Waals surface area contributed by atoms with Gasteiger partial charge in [0.15, 0.2) is 0 Å². The summed E-state index contributed by atoms with van der Waals surface area (Å²) < 4.78 is 0. The minimum atomic E-state index is 0.592. The van der Waals surface area contributed by atoms with Gasteiger partial charge < -0.3 is 9.88 Å². The highest BCUT2D eigenvalue weighted by Crippen LogP contribution is 2.39. The molecule has 4 heteroatoms. The lowest BCUT2D eigenvalue weighted by molar-refractivity contribution is 0.105. The summed E-state index contributed by atoms with van der Waals surface area (Å²) in [6.45, 7) is 7.85. The number of hydrogen-bond donors (Lipinski definition) is 1. The second kappa shape index (κ2) is 5.23. The molecular formula is C16H24N4. The zero-order chi connectivity index (χ0) is 14.2. The summed E-state index contributed by atoms with van der Waals surface area (Å²) in [5, 5.41) is 9.01. The highest BCUT2D eigenvalue weighted by Gasteiger charge is 2.39. The van der Waals surface area contributed by atoms with Crippen molar-refractivity contribution in [1.29, 1.82) is 5.26 Å². The molecule has 0 atom stereocenters. The molecule has 1 spiro atoms. The molecule has 0 saturated carbocycles. The topological polar surface area (TPSA) is 46.1 Å². The van der Waals surface area contributed by atoms with Crippen molar-refractivity contribution in [3.63, 3.8) is 0 Å². The number of hydrogen-bond acceptors (Lipinski definition) is 3. The first kappa shape index (κ1) is 13.7. The number of nitrogens with zero attached hydrogens (tertiary/aromatic N) is 3. The molecule has 2 aliphatic heterocycles. The van der Waals surface area contributed by atoms with E-state index in [1.54, 1.807) is 0 Å². The summed E-state index contributed by atoms with van der Waals surface area (Å²) in [6.07, 6.45) is 4.02. The Hall–Kier alpha value is -1.31. The van der Waals surface area contributed by atoms with Gasteiger partial charge in [-0.05, 0) is 64.3 Å². The Balaban J connectivity index is 1.57. The van der Waals surface area contributed by atoms with Gasteiger partial charge in [-0.2, -0.15) is 5.26 Å². The number of nitriles is 1. The molecule has 0 aliphatic carbocycles. The molecule has 0 aromatic carbocycles. The first-order valence-corrected chi connectivity index (χ1v) is 7.60. The van der Waals surface area contributed by atoms with E-state index in [0.717, 1.165) is 17.8 Å². The number of likely N-dealkylation sites (tertiary alicyclic amines) is 2. The van der Waals surface area contributed by atoms with E-state index >= 15 is 0 Å². The zero-order valence-corrected chi connectivity index (χ0v) is 12.6. The normalized spacial score (nSPS) is 23.2. The Labute approximate surface area is 121 Å². The Morgan fingerprint density at radius 1 is 1.30 bits per heavy atom. The molecule has 2 fully saturated rings. The van der Waals surface area contributed by atoms with Gasteiger partial charge in [0.05, 0.1) is 5.56 Å². The van der Waals surface area contributed by atoms with Crippen molar-refractivity contribution in [2.75, 3.05) is 33.2 Å². The molecule has 108 valence electrons. The quantitative estimate of drug-likeness (QED) is 0.897. The second-order valence-electron chi connectivity index (χ2n) is 6.71. The van der Waals surface area contributed by atoms with Crippen LogP contribution in [-0.4, -0.2) is 48.0 Å². The summed E-state index contributed by atoms with van der Waals surface area (Å²) in [5.41, 5.74) is 3.55. The summed E-state index contributed by atoms with van der Waals surface area (Å²) in [4.78, 5) is 8.34. The number of rotatable bonds is 2. The predicted molar refractivity (Wildman–Crippen MR) is 79.3 cm³/mol. The van der Waals surface area contributed by atoms with E-state index < -0.39 is 0 Å². The van der Waals surface area contributed by atoms with Crippen molar-refractivity contribution in [3.8, 4) is 6.07 Å². The molecule has 1 aromatic heterocycles. The van der Waals surface area contributed by atoms with Gasteiger partial charge in [0, 0.05) is 24.5 Å². The average Bonchev–Trinajstić information content (AvgIpc) is 2.96. The number of H-pyrrole nitrogens is 1. The molecule has 1 aromatic rings. The maximum Gasteiger partial charge on any atom is 0.101 e. The first-order valence-electron chi connectivity index (χ1n) is 7.60. The smallest absolute Gasteiger partial charge is 0.101 e. The largest absolute Gasteiger partial charge is 0.360 e. The van der Waals surface area contributed by atoms with E-state index in [1.165, 1.54) is 51.1 Å². The Morgan fingerprint density at radius 2 is 2.00 bits per heavy atom. The minimum absolute atomic E-state index is 0.592. The molecule has 3 heterocycles. The van der Waals surface area contributed by atoms with Gasteiger partial charge in [-0.25, -0.2) is 0 Å². The van der Waals surface area contributed by atoms with Crippen molar-refractivity contribution in [3.05, 3.63) is 23.0 Å². The highest BCUT2D eigenvalue weighted by atomic mass is 15.2. The van der Waals surface area contributed by atoms with Gasteiger partial charge in [-0.15, -0.1) is 0 Å². The molecule has 0 radical (unpaired) electrons. The van der Waals surface area contributed by atoms with Crippen LogP contribution < -0.4 is 0 Å². The van der Waals surface area contributed by atoms with Crippen molar-refractivity contribution in [2.24, 2.45) is 5.41 Å². The zero-order valence-electron chi connectivity index (χ0n) is 12.6. The number of aromatic nitrogens is 1. The van der Waals surface area contributed by atoms with Gasteiger partial charge in [-0.3, -0.25) is 4.90 Å².